The lowest BCUT2D eigenvalue weighted by molar-refractivity contribution is 0.102. The first-order valence-electron chi connectivity index (χ1n) is 7.61. The van der Waals surface area contributed by atoms with Crippen molar-refractivity contribution >= 4 is 21.6 Å². The molecule has 2 aromatic rings. The van der Waals surface area contributed by atoms with Gasteiger partial charge < -0.3 is 5.32 Å². The zero-order valence-electron chi connectivity index (χ0n) is 13.2. The smallest absolute Gasteiger partial charge is 0.256 e. The summed E-state index contributed by atoms with van der Waals surface area (Å²) in [5, 5.41) is 7.31. The van der Waals surface area contributed by atoms with Gasteiger partial charge in [0.15, 0.2) is 9.84 Å². The molecule has 3 rings (SSSR count). The Bertz CT molecular complexity index is 851. The van der Waals surface area contributed by atoms with E-state index in [9.17, 15) is 13.2 Å². The molecule has 0 spiro atoms. The highest BCUT2D eigenvalue weighted by atomic mass is 32.2. The fraction of sp³-hybridized carbons (Fsp3) is 0.375. The largest absolute Gasteiger partial charge is 0.307 e. The third kappa shape index (κ3) is 2.88. The molecule has 1 aliphatic carbocycles. The maximum Gasteiger partial charge on any atom is 0.256 e. The predicted octanol–water partition coefficient (Wildman–Crippen LogP) is 1.95. The van der Waals surface area contributed by atoms with Crippen LogP contribution in [0.3, 0.4) is 0 Å². The van der Waals surface area contributed by atoms with Gasteiger partial charge in [-0.05, 0) is 43.5 Å². The number of hydrogen-bond acceptors (Lipinski definition) is 4. The molecule has 0 saturated heterocycles. The number of aryl methyl sites for hydroxylation is 2. The van der Waals surface area contributed by atoms with Gasteiger partial charge in [-0.1, -0.05) is 6.92 Å². The molecule has 0 unspecified atom stereocenters. The number of carbonyl (C=O) groups excluding carboxylic acids is 1. The van der Waals surface area contributed by atoms with E-state index in [0.29, 0.717) is 5.56 Å². The Hall–Kier alpha value is -2.15. The fourth-order valence-corrected chi connectivity index (χ4v) is 3.72. The van der Waals surface area contributed by atoms with Crippen molar-refractivity contribution in [1.29, 1.82) is 0 Å². The van der Waals surface area contributed by atoms with E-state index in [4.69, 9.17) is 0 Å². The number of nitrogens with one attached hydrogen (secondary N) is 1. The van der Waals surface area contributed by atoms with Gasteiger partial charge in [0.1, 0.15) is 5.82 Å². The number of hydrogen-bond donors (Lipinski definition) is 1. The van der Waals surface area contributed by atoms with Gasteiger partial charge in [-0.15, -0.1) is 0 Å². The SMILES string of the molecule is CCS(=O)(=O)c1ccc(C(=O)Nc2c3c(nn2C)CCC3)cc1. The lowest BCUT2D eigenvalue weighted by Gasteiger charge is -2.08. The van der Waals surface area contributed by atoms with Crippen molar-refractivity contribution in [3.8, 4) is 0 Å². The average molecular weight is 333 g/mol. The van der Waals surface area contributed by atoms with Crippen molar-refractivity contribution in [2.24, 2.45) is 7.05 Å². The molecule has 0 fully saturated rings. The van der Waals surface area contributed by atoms with Gasteiger partial charge in [0.25, 0.3) is 5.91 Å². The fourth-order valence-electron chi connectivity index (χ4n) is 2.84. The summed E-state index contributed by atoms with van der Waals surface area (Å²) >= 11 is 0. The zero-order valence-corrected chi connectivity index (χ0v) is 14.0. The lowest BCUT2D eigenvalue weighted by atomic mass is 10.2. The first-order chi connectivity index (χ1) is 10.9. The highest BCUT2D eigenvalue weighted by Gasteiger charge is 2.22. The Kier molecular flexibility index (Phi) is 3.97. The standard InChI is InChI=1S/C16H19N3O3S/c1-3-23(21,22)12-9-7-11(8-10-12)16(20)17-15-13-5-4-6-14(13)18-19(15)2/h7-10H,3-6H2,1-2H3,(H,17,20). The highest BCUT2D eigenvalue weighted by molar-refractivity contribution is 7.91. The topological polar surface area (TPSA) is 81.1 Å². The van der Waals surface area contributed by atoms with Crippen molar-refractivity contribution in [1.82, 2.24) is 9.78 Å². The van der Waals surface area contributed by atoms with E-state index in [2.05, 4.69) is 10.4 Å². The van der Waals surface area contributed by atoms with Crippen LogP contribution in [0.1, 0.15) is 35.0 Å². The Morgan fingerprint density at radius 2 is 1.96 bits per heavy atom. The quantitative estimate of drug-likeness (QED) is 0.927. The van der Waals surface area contributed by atoms with Crippen molar-refractivity contribution < 1.29 is 13.2 Å². The Balaban J connectivity index is 1.82. The monoisotopic (exact) mass is 333 g/mol. The maximum absolute atomic E-state index is 12.4. The normalized spacial score (nSPS) is 13.8. The molecule has 1 N–H and O–H groups in total. The molecule has 1 aromatic heterocycles. The summed E-state index contributed by atoms with van der Waals surface area (Å²) in [5.74, 6) is 0.510. The minimum atomic E-state index is -3.25. The van der Waals surface area contributed by atoms with E-state index in [-0.39, 0.29) is 16.6 Å². The first kappa shape index (κ1) is 15.7. The van der Waals surface area contributed by atoms with Gasteiger partial charge in [-0.2, -0.15) is 5.10 Å². The van der Waals surface area contributed by atoms with Gasteiger partial charge in [0.05, 0.1) is 16.3 Å². The molecule has 0 aliphatic heterocycles. The summed E-state index contributed by atoms with van der Waals surface area (Å²) < 4.78 is 25.3. The van der Waals surface area contributed by atoms with Gasteiger partial charge >= 0.3 is 0 Å². The average Bonchev–Trinajstić information content (AvgIpc) is 3.10. The summed E-state index contributed by atoms with van der Waals surface area (Å²) in [6, 6.07) is 6.02. The molecule has 6 nitrogen and oxygen atoms in total. The van der Waals surface area contributed by atoms with Gasteiger partial charge in [0, 0.05) is 18.2 Å². The second-order valence-corrected chi connectivity index (χ2v) is 7.91. The van der Waals surface area contributed by atoms with Crippen LogP contribution >= 0.6 is 0 Å². The van der Waals surface area contributed by atoms with Crippen LogP contribution in [0, 0.1) is 0 Å². The molecule has 1 heterocycles. The zero-order chi connectivity index (χ0) is 16.6. The van der Waals surface area contributed by atoms with Crippen LogP contribution in [0.4, 0.5) is 5.82 Å². The third-order valence-corrected chi connectivity index (χ3v) is 5.91. The van der Waals surface area contributed by atoms with Crippen molar-refractivity contribution in [2.75, 3.05) is 11.1 Å². The number of benzene rings is 1. The molecule has 1 aliphatic rings. The summed E-state index contributed by atoms with van der Waals surface area (Å²) in [4.78, 5) is 12.6. The summed E-state index contributed by atoms with van der Waals surface area (Å²) in [6.45, 7) is 1.60. The number of carbonyl (C=O) groups is 1. The Morgan fingerprint density at radius 1 is 1.26 bits per heavy atom. The van der Waals surface area contributed by atoms with E-state index in [0.717, 1.165) is 36.3 Å². The number of amides is 1. The van der Waals surface area contributed by atoms with E-state index in [1.807, 2.05) is 7.05 Å². The predicted molar refractivity (Wildman–Crippen MR) is 87.4 cm³/mol. The molecule has 0 radical (unpaired) electrons. The molecule has 122 valence electrons. The number of anilines is 1. The second-order valence-electron chi connectivity index (χ2n) is 5.63. The van der Waals surface area contributed by atoms with Crippen LogP contribution in [-0.2, 0) is 29.7 Å². The van der Waals surface area contributed by atoms with Crippen molar-refractivity contribution in [3.63, 3.8) is 0 Å². The van der Waals surface area contributed by atoms with E-state index in [1.165, 1.54) is 24.3 Å². The van der Waals surface area contributed by atoms with Crippen LogP contribution in [0.2, 0.25) is 0 Å². The minimum absolute atomic E-state index is 0.0414. The Morgan fingerprint density at radius 3 is 2.61 bits per heavy atom. The molecule has 23 heavy (non-hydrogen) atoms. The van der Waals surface area contributed by atoms with Crippen LogP contribution in [0.15, 0.2) is 29.2 Å². The molecular weight excluding hydrogens is 314 g/mol. The molecule has 0 atom stereocenters. The first-order valence-corrected chi connectivity index (χ1v) is 9.26. The molecular formula is C16H19N3O3S. The van der Waals surface area contributed by atoms with Crippen molar-refractivity contribution in [2.45, 2.75) is 31.1 Å². The highest BCUT2D eigenvalue weighted by Crippen LogP contribution is 2.28. The maximum atomic E-state index is 12.4. The van der Waals surface area contributed by atoms with Crippen LogP contribution in [0.5, 0.6) is 0 Å². The molecule has 0 bridgehead atoms. The van der Waals surface area contributed by atoms with Gasteiger partial charge in [0.2, 0.25) is 0 Å². The number of sulfone groups is 1. The number of aromatic nitrogens is 2. The third-order valence-electron chi connectivity index (χ3n) is 4.16. The summed E-state index contributed by atoms with van der Waals surface area (Å²) in [6.07, 6.45) is 2.93. The van der Waals surface area contributed by atoms with E-state index < -0.39 is 9.84 Å². The minimum Gasteiger partial charge on any atom is -0.307 e. The molecule has 1 aromatic carbocycles. The second kappa shape index (κ2) is 5.81. The number of fused-ring (bicyclic) bond motifs is 1. The van der Waals surface area contributed by atoms with E-state index in [1.54, 1.807) is 11.6 Å². The number of nitrogens with zero attached hydrogens (tertiary/aromatic N) is 2. The molecule has 7 heteroatoms. The van der Waals surface area contributed by atoms with Gasteiger partial charge in [-0.25, -0.2) is 8.42 Å². The van der Waals surface area contributed by atoms with Crippen LogP contribution in [0.25, 0.3) is 0 Å². The Labute approximate surface area is 135 Å². The van der Waals surface area contributed by atoms with Gasteiger partial charge in [-0.3, -0.25) is 9.48 Å². The van der Waals surface area contributed by atoms with Crippen LogP contribution in [-0.4, -0.2) is 29.9 Å². The molecule has 1 amide bonds. The molecule has 0 saturated carbocycles. The van der Waals surface area contributed by atoms with Crippen molar-refractivity contribution in [3.05, 3.63) is 41.1 Å². The van der Waals surface area contributed by atoms with E-state index >= 15 is 0 Å². The summed E-state index contributed by atoms with van der Waals surface area (Å²) in [7, 11) is -1.44. The van der Waals surface area contributed by atoms with Crippen LogP contribution < -0.4 is 5.32 Å². The lowest BCUT2D eigenvalue weighted by Crippen LogP contribution is -2.16. The summed E-state index contributed by atoms with van der Waals surface area (Å²) in [5.41, 5.74) is 2.58. The number of rotatable bonds is 4.